The second-order valence-electron chi connectivity index (χ2n) is 6.20. The van der Waals surface area contributed by atoms with E-state index < -0.39 is 0 Å². The summed E-state index contributed by atoms with van der Waals surface area (Å²) in [7, 11) is 0. The molecule has 26 heavy (non-hydrogen) atoms. The summed E-state index contributed by atoms with van der Waals surface area (Å²) in [6.07, 6.45) is 1.78. The Kier molecular flexibility index (Phi) is 4.49. The van der Waals surface area contributed by atoms with Gasteiger partial charge in [-0.15, -0.1) is 5.10 Å². The summed E-state index contributed by atoms with van der Waals surface area (Å²) in [5.41, 5.74) is 1.32. The Morgan fingerprint density at radius 3 is 3.00 bits per heavy atom. The predicted molar refractivity (Wildman–Crippen MR) is 95.2 cm³/mol. The summed E-state index contributed by atoms with van der Waals surface area (Å²) < 4.78 is 6.73. The highest BCUT2D eigenvalue weighted by Gasteiger charge is 2.29. The van der Waals surface area contributed by atoms with E-state index in [1.807, 2.05) is 13.0 Å². The molecule has 2 aliphatic rings. The summed E-state index contributed by atoms with van der Waals surface area (Å²) in [5, 5.41) is 14.9. The molecule has 2 fully saturated rings. The van der Waals surface area contributed by atoms with Gasteiger partial charge in [0.2, 0.25) is 11.1 Å². The van der Waals surface area contributed by atoms with Gasteiger partial charge in [-0.1, -0.05) is 17.8 Å². The van der Waals surface area contributed by atoms with Gasteiger partial charge in [0.15, 0.2) is 0 Å². The topological polar surface area (TPSA) is 102 Å². The molecule has 0 bridgehead atoms. The Balaban J connectivity index is 1.41. The van der Waals surface area contributed by atoms with Crippen LogP contribution in [0.25, 0.3) is 0 Å². The molecular weight excluding hydrogens is 356 g/mol. The van der Waals surface area contributed by atoms with Crippen LogP contribution >= 0.6 is 11.8 Å². The zero-order chi connectivity index (χ0) is 18.1. The first-order valence-electron chi connectivity index (χ1n) is 8.41. The van der Waals surface area contributed by atoms with E-state index in [-0.39, 0.29) is 17.3 Å². The normalized spacial score (nSPS) is 17.9. The number of aromatic nitrogens is 4. The van der Waals surface area contributed by atoms with E-state index in [2.05, 4.69) is 20.8 Å². The molecule has 1 saturated heterocycles. The third-order valence-corrected chi connectivity index (χ3v) is 5.24. The van der Waals surface area contributed by atoms with Crippen LogP contribution in [0, 0.1) is 0 Å². The van der Waals surface area contributed by atoms with Crippen molar-refractivity contribution in [3.63, 3.8) is 0 Å². The second kappa shape index (κ2) is 6.94. The Hall–Kier alpha value is -2.62. The molecule has 0 spiro atoms. The van der Waals surface area contributed by atoms with Gasteiger partial charge in [-0.2, -0.15) is 0 Å². The van der Waals surface area contributed by atoms with Crippen LogP contribution in [0.3, 0.4) is 0 Å². The first kappa shape index (κ1) is 16.8. The quantitative estimate of drug-likeness (QED) is 0.772. The molecule has 2 amide bonds. The average molecular weight is 374 g/mol. The van der Waals surface area contributed by atoms with Gasteiger partial charge in [-0.25, -0.2) is 9.48 Å². The van der Waals surface area contributed by atoms with Crippen LogP contribution in [0.1, 0.15) is 25.8 Å². The molecule has 10 heteroatoms. The molecule has 2 heterocycles. The van der Waals surface area contributed by atoms with Crippen molar-refractivity contribution in [1.29, 1.82) is 0 Å². The molecule has 1 saturated carbocycles. The van der Waals surface area contributed by atoms with Crippen molar-refractivity contribution >= 4 is 35.1 Å². The molecule has 1 aromatic carbocycles. The number of ether oxygens (including phenoxy) is 1. The number of nitrogens with one attached hydrogen (secondary N) is 1. The van der Waals surface area contributed by atoms with Crippen LogP contribution in [-0.2, 0) is 9.53 Å². The van der Waals surface area contributed by atoms with Crippen LogP contribution in [0.2, 0.25) is 0 Å². The number of hydrogen-bond donors (Lipinski definition) is 1. The van der Waals surface area contributed by atoms with E-state index in [9.17, 15) is 9.59 Å². The zero-order valence-electron chi connectivity index (χ0n) is 14.2. The zero-order valence-corrected chi connectivity index (χ0v) is 15.0. The maximum Gasteiger partial charge on any atom is 0.414 e. The highest BCUT2D eigenvalue weighted by Crippen LogP contribution is 2.37. The van der Waals surface area contributed by atoms with Crippen LogP contribution in [0.4, 0.5) is 16.2 Å². The van der Waals surface area contributed by atoms with Gasteiger partial charge in [-0.3, -0.25) is 9.69 Å². The van der Waals surface area contributed by atoms with Crippen molar-refractivity contribution in [2.45, 2.75) is 36.2 Å². The number of cyclic esters (lactones) is 1. The van der Waals surface area contributed by atoms with Gasteiger partial charge < -0.3 is 10.1 Å². The Morgan fingerprint density at radius 2 is 2.27 bits per heavy atom. The number of carbonyl (C=O) groups is 2. The Morgan fingerprint density at radius 1 is 1.42 bits per heavy atom. The lowest BCUT2D eigenvalue weighted by Gasteiger charge is -2.15. The first-order valence-corrected chi connectivity index (χ1v) is 9.29. The minimum atomic E-state index is -0.371. The highest BCUT2D eigenvalue weighted by molar-refractivity contribution is 8.00. The largest absolute Gasteiger partial charge is 0.447 e. The van der Waals surface area contributed by atoms with Gasteiger partial charge in [-0.05, 0) is 48.4 Å². The standard InChI is InChI=1S/C16H18N6O3S/c1-10(26-15-18-19-20-22(15)12-5-6-12)14(23)17-11-3-2-4-13(9-11)21-7-8-25-16(21)24/h2-4,9-10,12H,5-8H2,1H3,(H,17,23). The Bertz CT molecular complexity index is 837. The number of rotatable bonds is 6. The van der Waals surface area contributed by atoms with Gasteiger partial charge in [0, 0.05) is 11.4 Å². The fraction of sp³-hybridized carbons (Fsp3) is 0.438. The maximum atomic E-state index is 12.5. The van der Waals surface area contributed by atoms with Crippen molar-refractivity contribution in [2.75, 3.05) is 23.4 Å². The van der Waals surface area contributed by atoms with Crippen molar-refractivity contribution in [3.8, 4) is 0 Å². The lowest BCUT2D eigenvalue weighted by atomic mass is 10.2. The first-order chi connectivity index (χ1) is 12.6. The van der Waals surface area contributed by atoms with Gasteiger partial charge in [0.1, 0.15) is 6.61 Å². The fourth-order valence-electron chi connectivity index (χ4n) is 2.65. The number of benzene rings is 1. The molecule has 1 aromatic heterocycles. The molecule has 1 atom stereocenters. The molecule has 1 N–H and O–H groups in total. The molecule has 9 nitrogen and oxygen atoms in total. The fourth-order valence-corrected chi connectivity index (χ4v) is 3.51. The lowest BCUT2D eigenvalue weighted by Crippen LogP contribution is -2.25. The summed E-state index contributed by atoms with van der Waals surface area (Å²) in [6.45, 7) is 2.69. The molecule has 1 aliphatic carbocycles. The van der Waals surface area contributed by atoms with E-state index in [1.165, 1.54) is 16.7 Å². The number of hydrogen-bond acceptors (Lipinski definition) is 7. The van der Waals surface area contributed by atoms with Crippen molar-refractivity contribution < 1.29 is 14.3 Å². The third kappa shape index (κ3) is 3.50. The van der Waals surface area contributed by atoms with Gasteiger partial charge >= 0.3 is 6.09 Å². The molecule has 2 aromatic rings. The molecular formula is C16H18N6O3S. The van der Waals surface area contributed by atoms with E-state index in [0.717, 1.165) is 12.8 Å². The maximum absolute atomic E-state index is 12.5. The molecule has 1 aliphatic heterocycles. The van der Waals surface area contributed by atoms with Crippen LogP contribution in [-0.4, -0.2) is 50.6 Å². The average Bonchev–Trinajstić information content (AvgIpc) is 3.22. The van der Waals surface area contributed by atoms with E-state index in [1.54, 1.807) is 22.9 Å². The van der Waals surface area contributed by atoms with E-state index in [4.69, 9.17) is 4.74 Å². The minimum absolute atomic E-state index is 0.151. The van der Waals surface area contributed by atoms with Crippen LogP contribution in [0.5, 0.6) is 0 Å². The van der Waals surface area contributed by atoms with Gasteiger partial charge in [0.25, 0.3) is 0 Å². The summed E-state index contributed by atoms with van der Waals surface area (Å²) in [5.74, 6) is -0.151. The predicted octanol–water partition coefficient (Wildman–Crippen LogP) is 2.08. The Labute approximate surface area is 154 Å². The molecule has 4 rings (SSSR count). The highest BCUT2D eigenvalue weighted by atomic mass is 32.2. The minimum Gasteiger partial charge on any atom is -0.447 e. The third-order valence-electron chi connectivity index (χ3n) is 4.19. The summed E-state index contributed by atoms with van der Waals surface area (Å²) in [6, 6.07) is 7.51. The second-order valence-corrected chi connectivity index (χ2v) is 7.51. The summed E-state index contributed by atoms with van der Waals surface area (Å²) in [4.78, 5) is 25.7. The number of nitrogens with zero attached hydrogens (tertiary/aromatic N) is 5. The van der Waals surface area contributed by atoms with Crippen molar-refractivity contribution in [3.05, 3.63) is 24.3 Å². The van der Waals surface area contributed by atoms with Crippen molar-refractivity contribution in [1.82, 2.24) is 20.2 Å². The molecule has 136 valence electrons. The number of thioether (sulfide) groups is 1. The van der Waals surface area contributed by atoms with E-state index >= 15 is 0 Å². The van der Waals surface area contributed by atoms with Crippen LogP contribution < -0.4 is 10.2 Å². The van der Waals surface area contributed by atoms with E-state index in [0.29, 0.717) is 35.7 Å². The summed E-state index contributed by atoms with van der Waals surface area (Å²) >= 11 is 1.33. The number of anilines is 2. The van der Waals surface area contributed by atoms with Gasteiger partial charge in [0.05, 0.1) is 17.8 Å². The van der Waals surface area contributed by atoms with Crippen molar-refractivity contribution in [2.24, 2.45) is 0 Å². The van der Waals surface area contributed by atoms with Crippen LogP contribution in [0.15, 0.2) is 29.4 Å². The monoisotopic (exact) mass is 374 g/mol. The molecule has 1 unspecified atom stereocenters. The lowest BCUT2D eigenvalue weighted by molar-refractivity contribution is -0.115. The number of tetrazole rings is 1. The number of amides is 2. The smallest absolute Gasteiger partial charge is 0.414 e. The molecule has 0 radical (unpaired) electrons. The number of carbonyl (C=O) groups excluding carboxylic acids is 2. The SMILES string of the molecule is CC(Sc1nnnn1C1CC1)C(=O)Nc1cccc(N2CCOC2=O)c1.